The average Bonchev–Trinajstić information content (AvgIpc) is 2.73. The highest BCUT2D eigenvalue weighted by molar-refractivity contribution is 9.09. The maximum atomic E-state index is 14.0. The van der Waals surface area contributed by atoms with E-state index >= 15 is 0 Å². The Morgan fingerprint density at radius 1 is 1.05 bits per heavy atom. The van der Waals surface area contributed by atoms with Crippen molar-refractivity contribution >= 4 is 27.5 Å². The minimum Gasteiger partial charge on any atom is -0.490 e. The van der Waals surface area contributed by atoms with Gasteiger partial charge in [0.05, 0.1) is 18.0 Å². The largest absolute Gasteiger partial charge is 0.490 e. The van der Waals surface area contributed by atoms with Crippen LogP contribution in [0, 0.1) is 5.82 Å². The van der Waals surface area contributed by atoms with Gasteiger partial charge in [-0.15, -0.1) is 0 Å². The molecule has 0 N–H and O–H groups in total. The molecular formula is C16H13BrClFO2. The zero-order chi connectivity index (χ0) is 14.8. The summed E-state index contributed by atoms with van der Waals surface area (Å²) >= 11 is 9.48. The predicted molar refractivity (Wildman–Crippen MR) is 84.2 cm³/mol. The first-order chi connectivity index (χ1) is 10.1. The van der Waals surface area contributed by atoms with Crippen molar-refractivity contribution in [3.05, 3.63) is 58.4 Å². The van der Waals surface area contributed by atoms with Crippen LogP contribution in [-0.2, 0) is 0 Å². The highest BCUT2D eigenvalue weighted by Crippen LogP contribution is 2.38. The van der Waals surface area contributed by atoms with Gasteiger partial charge in [0.25, 0.3) is 0 Å². The maximum absolute atomic E-state index is 14.0. The van der Waals surface area contributed by atoms with Gasteiger partial charge in [-0.25, -0.2) is 4.39 Å². The lowest BCUT2D eigenvalue weighted by Crippen LogP contribution is -1.99. The smallest absolute Gasteiger partial charge is 0.161 e. The Bertz CT molecular complexity index is 663. The minimum absolute atomic E-state index is 0.298. The quantitative estimate of drug-likeness (QED) is 0.682. The van der Waals surface area contributed by atoms with Crippen molar-refractivity contribution < 1.29 is 13.9 Å². The zero-order valence-corrected chi connectivity index (χ0v) is 13.5. The number of fused-ring (bicyclic) bond motifs is 1. The minimum atomic E-state index is -0.298. The lowest BCUT2D eigenvalue weighted by molar-refractivity contribution is 0.297. The Balaban J connectivity index is 1.96. The van der Waals surface area contributed by atoms with Gasteiger partial charge in [-0.2, -0.15) is 0 Å². The SMILES string of the molecule is Fc1ccc(Cl)cc1C(Br)c1ccc2c(c1)OCCCO2. The second-order valence-electron chi connectivity index (χ2n) is 4.79. The van der Waals surface area contributed by atoms with E-state index in [2.05, 4.69) is 15.9 Å². The van der Waals surface area contributed by atoms with Crippen LogP contribution in [-0.4, -0.2) is 13.2 Å². The van der Waals surface area contributed by atoms with Gasteiger partial charge >= 0.3 is 0 Å². The number of rotatable bonds is 2. The molecule has 21 heavy (non-hydrogen) atoms. The molecule has 5 heteroatoms. The van der Waals surface area contributed by atoms with Gasteiger partial charge in [0.15, 0.2) is 11.5 Å². The van der Waals surface area contributed by atoms with Crippen molar-refractivity contribution in [1.82, 2.24) is 0 Å². The summed E-state index contributed by atoms with van der Waals surface area (Å²) in [5.74, 6) is 1.12. The molecule has 0 saturated heterocycles. The summed E-state index contributed by atoms with van der Waals surface area (Å²) in [5, 5.41) is 0.505. The highest BCUT2D eigenvalue weighted by Gasteiger charge is 2.18. The molecule has 0 saturated carbocycles. The van der Waals surface area contributed by atoms with Crippen molar-refractivity contribution in [2.24, 2.45) is 0 Å². The predicted octanol–water partition coefficient (Wildman–Crippen LogP) is 5.12. The molecule has 1 aliphatic heterocycles. The van der Waals surface area contributed by atoms with Crippen molar-refractivity contribution in [1.29, 1.82) is 0 Å². The fraction of sp³-hybridized carbons (Fsp3) is 0.250. The normalized spacial score (nSPS) is 15.4. The van der Waals surface area contributed by atoms with Crippen molar-refractivity contribution in [2.45, 2.75) is 11.2 Å². The van der Waals surface area contributed by atoms with Gasteiger partial charge in [-0.3, -0.25) is 0 Å². The van der Waals surface area contributed by atoms with Crippen LogP contribution in [0.2, 0.25) is 5.02 Å². The van der Waals surface area contributed by atoms with E-state index < -0.39 is 0 Å². The molecule has 0 bridgehead atoms. The van der Waals surface area contributed by atoms with Gasteiger partial charge in [0.1, 0.15) is 5.82 Å². The standard InChI is InChI=1S/C16H13BrClFO2/c17-16(12-9-11(18)3-4-13(12)19)10-2-5-14-15(8-10)21-7-1-6-20-14/h2-5,8-9,16H,1,6-7H2. The van der Waals surface area contributed by atoms with Crippen LogP contribution >= 0.6 is 27.5 Å². The van der Waals surface area contributed by atoms with Crippen LogP contribution in [0.25, 0.3) is 0 Å². The van der Waals surface area contributed by atoms with E-state index in [9.17, 15) is 4.39 Å². The van der Waals surface area contributed by atoms with E-state index in [1.54, 1.807) is 6.07 Å². The molecular weight excluding hydrogens is 359 g/mol. The van der Waals surface area contributed by atoms with Crippen LogP contribution in [0.5, 0.6) is 11.5 Å². The van der Waals surface area contributed by atoms with Crippen LogP contribution in [0.15, 0.2) is 36.4 Å². The van der Waals surface area contributed by atoms with E-state index in [1.807, 2.05) is 18.2 Å². The third kappa shape index (κ3) is 3.16. The Morgan fingerprint density at radius 2 is 1.81 bits per heavy atom. The van der Waals surface area contributed by atoms with Crippen molar-refractivity contribution in [3.8, 4) is 11.5 Å². The highest BCUT2D eigenvalue weighted by atomic mass is 79.9. The molecule has 2 aromatic carbocycles. The van der Waals surface area contributed by atoms with Crippen LogP contribution < -0.4 is 9.47 Å². The van der Waals surface area contributed by atoms with Crippen molar-refractivity contribution in [3.63, 3.8) is 0 Å². The lowest BCUT2D eigenvalue weighted by atomic mass is 10.0. The Hall–Kier alpha value is -1.26. The molecule has 0 fully saturated rings. The van der Waals surface area contributed by atoms with Gasteiger partial charge in [-0.1, -0.05) is 33.6 Å². The van der Waals surface area contributed by atoms with E-state index in [4.69, 9.17) is 21.1 Å². The van der Waals surface area contributed by atoms with Gasteiger partial charge in [0, 0.05) is 17.0 Å². The molecule has 1 unspecified atom stereocenters. The molecule has 0 amide bonds. The third-order valence-electron chi connectivity index (χ3n) is 3.30. The second-order valence-corrected chi connectivity index (χ2v) is 6.14. The molecule has 2 aromatic rings. The molecule has 0 spiro atoms. The van der Waals surface area contributed by atoms with Gasteiger partial charge in [0.2, 0.25) is 0 Å². The Kier molecular flexibility index (Phi) is 4.36. The summed E-state index contributed by atoms with van der Waals surface area (Å²) in [7, 11) is 0. The summed E-state index contributed by atoms with van der Waals surface area (Å²) in [6, 6.07) is 10.2. The molecule has 0 radical (unpaired) electrons. The molecule has 1 atom stereocenters. The molecule has 3 rings (SSSR count). The number of alkyl halides is 1. The summed E-state index contributed by atoms with van der Waals surface area (Å²) < 4.78 is 25.2. The Labute approximate surface area is 136 Å². The second kappa shape index (κ2) is 6.24. The van der Waals surface area contributed by atoms with E-state index in [0.717, 1.165) is 17.7 Å². The Morgan fingerprint density at radius 3 is 2.62 bits per heavy atom. The van der Waals surface area contributed by atoms with E-state index in [-0.39, 0.29) is 10.6 Å². The molecule has 0 aliphatic carbocycles. The first kappa shape index (κ1) is 14.7. The number of hydrogen-bond donors (Lipinski definition) is 0. The van der Waals surface area contributed by atoms with Crippen LogP contribution in [0.4, 0.5) is 4.39 Å². The lowest BCUT2D eigenvalue weighted by Gasteiger charge is -2.15. The maximum Gasteiger partial charge on any atom is 0.161 e. The molecule has 2 nitrogen and oxygen atoms in total. The van der Waals surface area contributed by atoms with Crippen molar-refractivity contribution in [2.75, 3.05) is 13.2 Å². The number of benzene rings is 2. The fourth-order valence-corrected chi connectivity index (χ4v) is 3.04. The summed E-state index contributed by atoms with van der Waals surface area (Å²) in [5.41, 5.74) is 1.39. The summed E-state index contributed by atoms with van der Waals surface area (Å²) in [4.78, 5) is -0.298. The average molecular weight is 372 g/mol. The van der Waals surface area contributed by atoms with Gasteiger partial charge < -0.3 is 9.47 Å². The molecule has 1 aliphatic rings. The third-order valence-corrected chi connectivity index (χ3v) is 4.55. The molecule has 110 valence electrons. The number of halogens is 3. The van der Waals surface area contributed by atoms with Crippen LogP contribution in [0.3, 0.4) is 0 Å². The molecule has 1 heterocycles. The number of ether oxygens (including phenoxy) is 2. The fourth-order valence-electron chi connectivity index (χ4n) is 2.23. The monoisotopic (exact) mass is 370 g/mol. The summed E-state index contributed by atoms with van der Waals surface area (Å²) in [6.07, 6.45) is 0.852. The van der Waals surface area contributed by atoms with E-state index in [0.29, 0.717) is 29.5 Å². The zero-order valence-electron chi connectivity index (χ0n) is 11.1. The van der Waals surface area contributed by atoms with Crippen LogP contribution in [0.1, 0.15) is 22.4 Å². The summed E-state index contributed by atoms with van der Waals surface area (Å²) in [6.45, 7) is 1.27. The van der Waals surface area contributed by atoms with E-state index in [1.165, 1.54) is 12.1 Å². The number of hydrogen-bond acceptors (Lipinski definition) is 2. The first-order valence-electron chi connectivity index (χ1n) is 6.64. The topological polar surface area (TPSA) is 18.5 Å². The molecule has 0 aromatic heterocycles. The first-order valence-corrected chi connectivity index (χ1v) is 7.93. The van der Waals surface area contributed by atoms with Gasteiger partial charge in [-0.05, 0) is 35.9 Å².